The minimum Gasteiger partial charge on any atom is -0.271 e. The Bertz CT molecular complexity index is 571. The number of nitrogens with one attached hydrogen (secondary N) is 1. The van der Waals surface area contributed by atoms with E-state index in [2.05, 4.69) is 5.43 Å². The number of rotatable bonds is 3. The lowest BCUT2D eigenvalue weighted by molar-refractivity contribution is 0.599. The van der Waals surface area contributed by atoms with Crippen molar-refractivity contribution in [1.82, 2.24) is 5.43 Å². The van der Waals surface area contributed by atoms with Gasteiger partial charge in [0.2, 0.25) is 0 Å². The summed E-state index contributed by atoms with van der Waals surface area (Å²) in [6, 6.07) is 6.32. The van der Waals surface area contributed by atoms with Crippen LogP contribution < -0.4 is 11.3 Å². The van der Waals surface area contributed by atoms with Crippen molar-refractivity contribution in [1.29, 1.82) is 0 Å². The number of nitrogens with two attached hydrogens (primary N) is 1. The molecule has 0 fully saturated rings. The summed E-state index contributed by atoms with van der Waals surface area (Å²) in [7, 11) is 0. The number of thiophene rings is 1. The van der Waals surface area contributed by atoms with Gasteiger partial charge in [0, 0.05) is 5.56 Å². The number of aryl methyl sites for hydroxylation is 1. The highest BCUT2D eigenvalue weighted by Crippen LogP contribution is 2.37. The first kappa shape index (κ1) is 13.8. The Kier molecular flexibility index (Phi) is 4.25. The molecule has 0 saturated carbocycles. The van der Waals surface area contributed by atoms with Crippen molar-refractivity contribution in [2.45, 2.75) is 13.0 Å². The highest BCUT2D eigenvalue weighted by Gasteiger charge is 2.19. The minimum absolute atomic E-state index is 0.273. The van der Waals surface area contributed by atoms with Crippen molar-refractivity contribution in [2.24, 2.45) is 5.84 Å². The third kappa shape index (κ3) is 2.68. The summed E-state index contributed by atoms with van der Waals surface area (Å²) in [6.45, 7) is 1.71. The SMILES string of the molecule is Cc1ccc(C(NN)c2cc(Cl)sc2Cl)cc1F. The number of hydrazine groups is 1. The molecule has 0 bridgehead atoms. The predicted molar refractivity (Wildman–Crippen MR) is 74.6 cm³/mol. The van der Waals surface area contributed by atoms with Gasteiger partial charge in [-0.05, 0) is 30.2 Å². The van der Waals surface area contributed by atoms with Gasteiger partial charge in [0.05, 0.1) is 14.7 Å². The lowest BCUT2D eigenvalue weighted by Gasteiger charge is -2.16. The summed E-state index contributed by atoms with van der Waals surface area (Å²) < 4.78 is 14.7. The zero-order valence-corrected chi connectivity index (χ0v) is 11.8. The summed E-state index contributed by atoms with van der Waals surface area (Å²) in [5.74, 6) is 5.26. The van der Waals surface area contributed by atoms with Gasteiger partial charge in [0.1, 0.15) is 5.82 Å². The van der Waals surface area contributed by atoms with E-state index in [9.17, 15) is 4.39 Å². The molecule has 1 atom stereocenters. The van der Waals surface area contributed by atoms with E-state index in [1.165, 1.54) is 17.4 Å². The quantitative estimate of drug-likeness (QED) is 0.663. The van der Waals surface area contributed by atoms with E-state index >= 15 is 0 Å². The summed E-state index contributed by atoms with van der Waals surface area (Å²) in [5, 5.41) is 0. The van der Waals surface area contributed by atoms with E-state index in [-0.39, 0.29) is 11.9 Å². The van der Waals surface area contributed by atoms with E-state index < -0.39 is 0 Å². The molecule has 2 aromatic rings. The Balaban J connectivity index is 2.45. The second-order valence-corrected chi connectivity index (χ2v) is 6.17. The van der Waals surface area contributed by atoms with Crippen LogP contribution in [0.5, 0.6) is 0 Å². The molecule has 6 heteroatoms. The number of hydrogen-bond donors (Lipinski definition) is 2. The maximum Gasteiger partial charge on any atom is 0.126 e. The van der Waals surface area contributed by atoms with Gasteiger partial charge in [-0.25, -0.2) is 9.82 Å². The van der Waals surface area contributed by atoms with Crippen molar-refractivity contribution < 1.29 is 4.39 Å². The summed E-state index contributed by atoms with van der Waals surface area (Å²) in [5.41, 5.74) is 4.67. The molecule has 1 aromatic carbocycles. The standard InChI is InChI=1S/C12H11Cl2FN2S/c1-6-2-3-7(4-9(6)15)11(17-16)8-5-10(13)18-12(8)14/h2-5,11,17H,16H2,1H3. The lowest BCUT2D eigenvalue weighted by Crippen LogP contribution is -2.28. The van der Waals surface area contributed by atoms with Gasteiger partial charge < -0.3 is 0 Å². The zero-order valence-electron chi connectivity index (χ0n) is 9.51. The van der Waals surface area contributed by atoms with Gasteiger partial charge in [0.15, 0.2) is 0 Å². The predicted octanol–water partition coefficient (Wildman–Crippen LogP) is 4.06. The smallest absolute Gasteiger partial charge is 0.126 e. The topological polar surface area (TPSA) is 38.0 Å². The van der Waals surface area contributed by atoms with Crippen molar-refractivity contribution in [3.8, 4) is 0 Å². The Morgan fingerprint density at radius 3 is 2.56 bits per heavy atom. The molecular formula is C12H11Cl2FN2S. The first-order chi connectivity index (χ1) is 8.52. The fraction of sp³-hybridized carbons (Fsp3) is 0.167. The Labute approximate surface area is 118 Å². The van der Waals surface area contributed by atoms with Crippen LogP contribution in [0.15, 0.2) is 24.3 Å². The molecule has 0 aliphatic rings. The van der Waals surface area contributed by atoms with E-state index in [1.54, 1.807) is 19.1 Å². The van der Waals surface area contributed by atoms with Gasteiger partial charge in [-0.1, -0.05) is 35.3 Å². The van der Waals surface area contributed by atoms with Crippen molar-refractivity contribution in [2.75, 3.05) is 0 Å². The van der Waals surface area contributed by atoms with Crippen LogP contribution in [0.2, 0.25) is 8.67 Å². The highest BCUT2D eigenvalue weighted by atomic mass is 35.5. The average Bonchev–Trinajstić information content (AvgIpc) is 2.64. The van der Waals surface area contributed by atoms with Crippen molar-refractivity contribution in [3.63, 3.8) is 0 Å². The van der Waals surface area contributed by atoms with E-state index in [4.69, 9.17) is 29.0 Å². The fourth-order valence-electron chi connectivity index (χ4n) is 1.70. The van der Waals surface area contributed by atoms with Gasteiger partial charge >= 0.3 is 0 Å². The molecule has 2 rings (SSSR count). The van der Waals surface area contributed by atoms with E-state index in [0.29, 0.717) is 19.8 Å². The largest absolute Gasteiger partial charge is 0.271 e. The summed E-state index contributed by atoms with van der Waals surface area (Å²) >= 11 is 13.2. The van der Waals surface area contributed by atoms with Gasteiger partial charge in [0.25, 0.3) is 0 Å². The Morgan fingerprint density at radius 2 is 2.06 bits per heavy atom. The highest BCUT2D eigenvalue weighted by molar-refractivity contribution is 7.20. The number of benzene rings is 1. The third-order valence-electron chi connectivity index (χ3n) is 2.69. The van der Waals surface area contributed by atoms with Crippen LogP contribution in [0.4, 0.5) is 4.39 Å². The first-order valence-corrected chi connectivity index (χ1v) is 6.77. The van der Waals surface area contributed by atoms with Crippen LogP contribution in [0.3, 0.4) is 0 Å². The monoisotopic (exact) mass is 304 g/mol. The second kappa shape index (κ2) is 5.55. The Morgan fingerprint density at radius 1 is 1.33 bits per heavy atom. The molecule has 3 N–H and O–H groups in total. The summed E-state index contributed by atoms with van der Waals surface area (Å²) in [4.78, 5) is 0. The normalized spacial score (nSPS) is 12.7. The number of hydrogen-bond acceptors (Lipinski definition) is 3. The first-order valence-electron chi connectivity index (χ1n) is 5.20. The molecule has 1 heterocycles. The van der Waals surface area contributed by atoms with Crippen LogP contribution in [0.1, 0.15) is 22.7 Å². The molecule has 0 radical (unpaired) electrons. The molecule has 0 aliphatic heterocycles. The molecule has 18 heavy (non-hydrogen) atoms. The van der Waals surface area contributed by atoms with Crippen molar-refractivity contribution in [3.05, 3.63) is 55.4 Å². The molecule has 1 unspecified atom stereocenters. The molecular weight excluding hydrogens is 294 g/mol. The van der Waals surface area contributed by atoms with E-state index in [0.717, 1.165) is 5.56 Å². The molecule has 96 valence electrons. The molecule has 0 aliphatic carbocycles. The number of halogens is 3. The van der Waals surface area contributed by atoms with Crippen LogP contribution in [0.25, 0.3) is 0 Å². The summed E-state index contributed by atoms with van der Waals surface area (Å²) in [6.07, 6.45) is 0. The molecule has 2 nitrogen and oxygen atoms in total. The lowest BCUT2D eigenvalue weighted by atomic mass is 10.0. The molecule has 0 amide bonds. The van der Waals surface area contributed by atoms with Gasteiger partial charge in [-0.2, -0.15) is 0 Å². The van der Waals surface area contributed by atoms with Crippen molar-refractivity contribution >= 4 is 34.5 Å². The fourth-order valence-corrected chi connectivity index (χ4v) is 3.24. The minimum atomic E-state index is -0.378. The molecule has 1 aromatic heterocycles. The maximum absolute atomic E-state index is 13.6. The van der Waals surface area contributed by atoms with Gasteiger partial charge in [-0.3, -0.25) is 5.84 Å². The van der Waals surface area contributed by atoms with Crippen LogP contribution >= 0.6 is 34.5 Å². The maximum atomic E-state index is 13.6. The average molecular weight is 305 g/mol. The van der Waals surface area contributed by atoms with Crippen LogP contribution in [-0.2, 0) is 0 Å². The second-order valence-electron chi connectivity index (χ2n) is 3.89. The molecule has 0 saturated heterocycles. The zero-order chi connectivity index (χ0) is 13.3. The van der Waals surface area contributed by atoms with Gasteiger partial charge in [-0.15, -0.1) is 11.3 Å². The van der Waals surface area contributed by atoms with Crippen LogP contribution in [-0.4, -0.2) is 0 Å². The Hall–Kier alpha value is -0.650. The molecule has 0 spiro atoms. The van der Waals surface area contributed by atoms with E-state index in [1.807, 2.05) is 6.07 Å². The van der Waals surface area contributed by atoms with Crippen LogP contribution in [0, 0.1) is 12.7 Å². The third-order valence-corrected chi connectivity index (χ3v) is 4.21.